The van der Waals surface area contributed by atoms with Crippen molar-refractivity contribution in [3.8, 4) is 131 Å². The Balaban J connectivity index is 0.000000212. The van der Waals surface area contributed by atoms with Crippen molar-refractivity contribution in [1.82, 2.24) is 15.0 Å². The van der Waals surface area contributed by atoms with Crippen molar-refractivity contribution < 1.29 is 56.9 Å². The van der Waals surface area contributed by atoms with Gasteiger partial charge in [0.1, 0.15) is 63.2 Å². The van der Waals surface area contributed by atoms with Gasteiger partial charge >= 0.3 is 18.0 Å². The minimum Gasteiger partial charge on any atom is -0.424 e. The highest BCUT2D eigenvalue weighted by Gasteiger charge is 2.28. The van der Waals surface area contributed by atoms with E-state index in [1.54, 1.807) is 141 Å². The van der Waals surface area contributed by atoms with E-state index < -0.39 is 0 Å². The Kier molecular flexibility index (Phi) is 31.0. The lowest BCUT2D eigenvalue weighted by Gasteiger charge is -2.26. The molecule has 0 spiro atoms. The zero-order valence-electron chi connectivity index (χ0n) is 72.0. The fourth-order valence-electron chi connectivity index (χ4n) is 14.1. The first-order valence-electron chi connectivity index (χ1n) is 39.7. The van der Waals surface area contributed by atoms with E-state index in [0.29, 0.717) is 68.9 Å². The normalized spacial score (nSPS) is 10.6. The minimum absolute atomic E-state index is 0.0446. The summed E-state index contributed by atoms with van der Waals surface area (Å²) in [7, 11) is 0. The standard InChI is InChI=1S/C51H42N6O6.C19H18N2O2.C17H14N2O2.C16H12N2O2/c1-49(2,34-7-19-40(20-8-34)54-33-58)37-13-25-43(26-14-37)61-46-55-47(62-44-27-15-38(16-28-44)50(3,4)35-9-21-41(22-10-35)59-31-52)57-48(56-46)63-45-29-17-39(18-30-45)51(5,6)36-11-23-42(24-12-36)60-32-53;1-12-5-16(6-13(2)18(12)22-10-20)9-17-7-14(3)19(23-11-21)15(4)8-17;1-17(2,13-3-7-15(8-4-13)20-11-18)14-5-9-16(10-6-14)21-12-19;1-12(13-2-6-15(7-3-13)19-10-17)14-4-8-16(9-5-14)20-11-18/h7-30H,1-6H3;5-8H,9H2,1-4H3;3-10H,1-2H3;2-9,12H,1H3. The van der Waals surface area contributed by atoms with Crippen LogP contribution in [0.1, 0.15) is 157 Å². The topological polar surface area (TPSA) is 360 Å². The molecule has 24 heteroatoms. The molecule has 0 radical (unpaired) electrons. The largest absolute Gasteiger partial charge is 0.424 e. The summed E-state index contributed by atoms with van der Waals surface area (Å²) in [5.41, 5.74) is 15.9. The van der Waals surface area contributed by atoms with E-state index in [1.165, 1.54) is 0 Å². The van der Waals surface area contributed by atoms with Crippen molar-refractivity contribution in [3.05, 3.63) is 356 Å². The molecule has 0 saturated heterocycles. The van der Waals surface area contributed by atoms with Gasteiger partial charge in [0, 0.05) is 27.6 Å². The SMILES string of the molecule is CC(C)(c1ccc(N=C=O)cc1)c1ccc(Oc2nc(Oc3ccc(C(C)(C)c4ccc(OC#N)cc4)cc3)nc(Oc3ccc(C(C)(C)c4ccc(OC#N)cc4)cc3)n2)cc1.CC(C)(c1ccc(OC#N)cc1)c1ccc(OC#N)cc1.CC(c1ccc(OC#N)cc1)c1ccc(OC#N)cc1.Cc1cc(Cc2cc(C)c(OC#N)c(C)c2)cc(C)c1OC#N. The van der Waals surface area contributed by atoms with Gasteiger partial charge in [-0.2, -0.15) is 4.99 Å². The smallest absolute Gasteiger partial charge is 0.331 e. The molecule has 1 aromatic heterocycles. The zero-order chi connectivity index (χ0) is 91.3. The van der Waals surface area contributed by atoms with Crippen LogP contribution in [0.4, 0.5) is 5.69 Å². The van der Waals surface area contributed by atoms with Gasteiger partial charge in [0.2, 0.25) is 6.08 Å². The summed E-state index contributed by atoms with van der Waals surface area (Å²) in [4.78, 5) is 27.9. The van der Waals surface area contributed by atoms with Crippen molar-refractivity contribution in [3.63, 3.8) is 0 Å². The van der Waals surface area contributed by atoms with E-state index in [9.17, 15) is 4.79 Å². The zero-order valence-corrected chi connectivity index (χ0v) is 72.0. The number of aromatic nitrogens is 3. The van der Waals surface area contributed by atoms with Gasteiger partial charge < -0.3 is 52.1 Å². The minimum atomic E-state index is -0.373. The van der Waals surface area contributed by atoms with E-state index in [2.05, 4.69) is 82.3 Å². The van der Waals surface area contributed by atoms with Gasteiger partial charge in [0.25, 0.3) is 50.0 Å². The van der Waals surface area contributed by atoms with Crippen LogP contribution < -0.4 is 52.1 Å². The van der Waals surface area contributed by atoms with Gasteiger partial charge in [-0.3, -0.25) is 0 Å². The molecule has 127 heavy (non-hydrogen) atoms. The van der Waals surface area contributed by atoms with Crippen LogP contribution in [0.5, 0.6) is 81.3 Å². The van der Waals surface area contributed by atoms with E-state index in [4.69, 9.17) is 94.2 Å². The molecule has 0 saturated carbocycles. The van der Waals surface area contributed by atoms with Crippen LogP contribution in [0.25, 0.3) is 0 Å². The molecule has 12 aromatic carbocycles. The molecule has 0 amide bonds. The summed E-state index contributed by atoms with van der Waals surface area (Å²) in [6, 6.07) is 82.7. The van der Waals surface area contributed by atoms with E-state index in [0.717, 1.165) is 95.4 Å². The van der Waals surface area contributed by atoms with Gasteiger partial charge in [0.15, 0.2) is 0 Å². The summed E-state index contributed by atoms with van der Waals surface area (Å²) in [5.74, 6) is 5.94. The van der Waals surface area contributed by atoms with Gasteiger partial charge in [-0.1, -0.05) is 208 Å². The van der Waals surface area contributed by atoms with Gasteiger partial charge in [0.05, 0.1) is 5.69 Å². The maximum atomic E-state index is 10.7. The lowest BCUT2D eigenvalue weighted by atomic mass is 9.78. The third-order valence-corrected chi connectivity index (χ3v) is 21.5. The molecule has 1 heterocycles. The molecule has 0 unspecified atom stereocenters. The van der Waals surface area contributed by atoms with Crippen molar-refractivity contribution >= 4 is 11.8 Å². The van der Waals surface area contributed by atoms with E-state index in [-0.39, 0.29) is 45.6 Å². The van der Waals surface area contributed by atoms with E-state index >= 15 is 0 Å². The van der Waals surface area contributed by atoms with Crippen LogP contribution in [-0.4, -0.2) is 21.0 Å². The van der Waals surface area contributed by atoms with Crippen LogP contribution in [0.2, 0.25) is 0 Å². The summed E-state index contributed by atoms with van der Waals surface area (Å²) in [6.07, 6.45) is 15.8. The number of isocyanates is 1. The second-order valence-corrected chi connectivity index (χ2v) is 31.1. The number of hydrogen-bond acceptors (Lipinski definition) is 24. The third kappa shape index (κ3) is 24.3. The van der Waals surface area contributed by atoms with Crippen LogP contribution in [0.15, 0.2) is 272 Å². The average Bonchev–Trinajstić information content (AvgIpc) is 0.808. The number of rotatable bonds is 27. The molecule has 0 fully saturated rings. The predicted octanol–water partition coefficient (Wildman–Crippen LogP) is 23.4. The molecule has 630 valence electrons. The Hall–Kier alpha value is -17.3. The number of carbonyl (C=O) groups excluding carboxylic acids is 1. The quantitative estimate of drug-likeness (QED) is 0.0262. The van der Waals surface area contributed by atoms with Crippen molar-refractivity contribution in [2.45, 2.75) is 124 Å². The molecule has 24 nitrogen and oxygen atoms in total. The first-order valence-corrected chi connectivity index (χ1v) is 39.7. The van der Waals surface area contributed by atoms with Crippen LogP contribution in [0.3, 0.4) is 0 Å². The van der Waals surface area contributed by atoms with Crippen molar-refractivity contribution in [2.24, 2.45) is 4.99 Å². The predicted molar refractivity (Wildman–Crippen MR) is 473 cm³/mol. The van der Waals surface area contributed by atoms with E-state index in [1.807, 2.05) is 210 Å². The Bertz CT molecular complexity index is 6020. The fraction of sp³-hybridized carbons (Fsp3) is 0.184. The number of benzene rings is 12. The molecule has 0 aliphatic rings. The maximum Gasteiger partial charge on any atom is 0.331 e. The highest BCUT2D eigenvalue weighted by Crippen LogP contribution is 2.41. The lowest BCUT2D eigenvalue weighted by Crippen LogP contribution is -2.18. The molecule has 13 aromatic rings. The van der Waals surface area contributed by atoms with Crippen LogP contribution >= 0.6 is 0 Å². The Morgan fingerprint density at radius 2 is 0.472 bits per heavy atom. The Labute approximate surface area is 737 Å². The molecule has 0 aliphatic heterocycles. The highest BCUT2D eigenvalue weighted by molar-refractivity contribution is 5.54. The van der Waals surface area contributed by atoms with Crippen molar-refractivity contribution in [1.29, 1.82) is 42.1 Å². The second kappa shape index (κ2) is 42.8. The van der Waals surface area contributed by atoms with Gasteiger partial charge in [-0.05, 0) is 244 Å². The summed E-state index contributed by atoms with van der Waals surface area (Å²) < 4.78 is 57.6. The second-order valence-electron chi connectivity index (χ2n) is 31.1. The number of hydrogen-bond donors (Lipinski definition) is 0. The fourth-order valence-corrected chi connectivity index (χ4v) is 14.1. The summed E-state index contributed by atoms with van der Waals surface area (Å²) in [6.45, 7) is 26.7. The van der Waals surface area contributed by atoms with Crippen LogP contribution in [-0.2, 0) is 32.9 Å². The first kappa shape index (κ1) is 92.0. The Morgan fingerprint density at radius 1 is 0.283 bits per heavy atom. The Morgan fingerprint density at radius 3 is 0.669 bits per heavy atom. The molecule has 0 bridgehead atoms. The monoisotopic (exact) mass is 1680 g/mol. The lowest BCUT2D eigenvalue weighted by molar-refractivity contribution is 0.362. The molecule has 13 rings (SSSR count). The molecule has 0 aliphatic carbocycles. The van der Waals surface area contributed by atoms with Crippen molar-refractivity contribution in [2.75, 3.05) is 0 Å². The number of aliphatic imine (C=N–C) groups is 1. The van der Waals surface area contributed by atoms with Crippen LogP contribution in [0, 0.1) is 120 Å². The number of aryl methyl sites for hydroxylation is 4. The molecule has 0 N–H and O–H groups in total. The molecular formula is C103H86N12O12. The molecule has 0 atom stereocenters. The molecular weight excluding hydrogens is 1600 g/mol. The summed E-state index contributed by atoms with van der Waals surface area (Å²) in [5, 5.41) is 69.0. The number of nitrogens with zero attached hydrogens (tertiary/aromatic N) is 12. The summed E-state index contributed by atoms with van der Waals surface area (Å²) >= 11 is 0. The third-order valence-electron chi connectivity index (χ3n) is 21.5. The van der Waals surface area contributed by atoms with Gasteiger partial charge in [-0.15, -0.1) is 57.0 Å². The number of ether oxygens (including phenoxy) is 11. The number of nitriles is 8. The highest BCUT2D eigenvalue weighted by atomic mass is 16.5. The first-order chi connectivity index (χ1) is 61.0. The average molecular weight is 1680 g/mol. The maximum absolute atomic E-state index is 10.7. The van der Waals surface area contributed by atoms with Gasteiger partial charge in [-0.25, -0.2) is 4.79 Å².